The number of halogens is 1. The number of aliphatic hydroxyl groups excluding tert-OH is 1. The number of ether oxygens (including phenoxy) is 1. The van der Waals surface area contributed by atoms with Gasteiger partial charge in [0.2, 0.25) is 0 Å². The van der Waals surface area contributed by atoms with Gasteiger partial charge in [-0.15, -0.1) is 0 Å². The first-order valence-corrected chi connectivity index (χ1v) is 7.02. The molecule has 0 bridgehead atoms. The van der Waals surface area contributed by atoms with E-state index in [9.17, 15) is 9.50 Å². The zero-order chi connectivity index (χ0) is 14.8. The van der Waals surface area contributed by atoms with E-state index in [-0.39, 0.29) is 19.0 Å². The van der Waals surface area contributed by atoms with Crippen molar-refractivity contribution in [3.63, 3.8) is 0 Å². The highest BCUT2D eigenvalue weighted by molar-refractivity contribution is 5.16. The van der Waals surface area contributed by atoms with Crippen LogP contribution in [0.15, 0.2) is 24.3 Å². The van der Waals surface area contributed by atoms with E-state index in [0.717, 1.165) is 19.6 Å². The first-order chi connectivity index (χ1) is 9.63. The van der Waals surface area contributed by atoms with E-state index in [2.05, 4.69) is 24.2 Å². The van der Waals surface area contributed by atoms with E-state index in [1.165, 1.54) is 6.07 Å². The standard InChI is InChI=1S/C15H25FN2O2/c1-3-18(2)9-8-17-10-14(19)12-20-11-13-6-4-5-7-15(13)16/h4-7,14,17,19H,3,8-12H2,1-2H3. The molecule has 4 nitrogen and oxygen atoms in total. The van der Waals surface area contributed by atoms with E-state index >= 15 is 0 Å². The number of aliphatic hydroxyl groups is 1. The minimum atomic E-state index is -0.575. The quantitative estimate of drug-likeness (QED) is 0.635. The number of nitrogens with zero attached hydrogens (tertiary/aromatic N) is 1. The first kappa shape index (κ1) is 17.0. The summed E-state index contributed by atoms with van der Waals surface area (Å²) in [7, 11) is 2.05. The summed E-state index contributed by atoms with van der Waals surface area (Å²) in [5.41, 5.74) is 0.511. The summed E-state index contributed by atoms with van der Waals surface area (Å²) >= 11 is 0. The SMILES string of the molecule is CCN(C)CCNCC(O)COCc1ccccc1F. The lowest BCUT2D eigenvalue weighted by atomic mass is 10.2. The fraction of sp³-hybridized carbons (Fsp3) is 0.600. The molecule has 0 saturated carbocycles. The van der Waals surface area contributed by atoms with Crippen LogP contribution in [0.4, 0.5) is 4.39 Å². The second-order valence-electron chi connectivity index (χ2n) is 4.86. The summed E-state index contributed by atoms with van der Waals surface area (Å²) in [6.45, 7) is 5.75. The molecule has 0 aromatic heterocycles. The zero-order valence-electron chi connectivity index (χ0n) is 12.3. The fourth-order valence-corrected chi connectivity index (χ4v) is 1.68. The van der Waals surface area contributed by atoms with Gasteiger partial charge in [0, 0.05) is 25.2 Å². The van der Waals surface area contributed by atoms with E-state index < -0.39 is 6.10 Å². The number of rotatable bonds is 10. The van der Waals surface area contributed by atoms with Gasteiger partial charge in [-0.05, 0) is 19.7 Å². The van der Waals surface area contributed by atoms with Gasteiger partial charge in [-0.3, -0.25) is 0 Å². The molecule has 0 heterocycles. The number of likely N-dealkylation sites (N-methyl/N-ethyl adjacent to an activating group) is 1. The molecule has 0 radical (unpaired) electrons. The summed E-state index contributed by atoms with van der Waals surface area (Å²) in [5, 5.41) is 12.9. The van der Waals surface area contributed by atoms with E-state index in [1.807, 2.05) is 0 Å². The summed E-state index contributed by atoms with van der Waals surface area (Å²) in [6.07, 6.45) is -0.575. The average molecular weight is 284 g/mol. The Bertz CT molecular complexity index is 377. The Kier molecular flexibility index (Phi) is 8.37. The van der Waals surface area contributed by atoms with Crippen LogP contribution in [0, 0.1) is 5.82 Å². The van der Waals surface area contributed by atoms with E-state index in [1.54, 1.807) is 18.2 Å². The molecule has 1 unspecified atom stereocenters. The molecule has 2 N–H and O–H groups in total. The summed E-state index contributed by atoms with van der Waals surface area (Å²) < 4.78 is 18.6. The molecule has 0 saturated heterocycles. The van der Waals surface area contributed by atoms with Crippen LogP contribution >= 0.6 is 0 Å². The minimum absolute atomic E-state index is 0.183. The molecular formula is C15H25FN2O2. The number of hydrogen-bond acceptors (Lipinski definition) is 4. The molecule has 0 aliphatic carbocycles. The average Bonchev–Trinajstić information content (AvgIpc) is 2.45. The highest BCUT2D eigenvalue weighted by atomic mass is 19.1. The summed E-state index contributed by atoms with van der Waals surface area (Å²) in [6, 6.07) is 6.50. The molecule has 0 spiro atoms. The third-order valence-electron chi connectivity index (χ3n) is 3.12. The third kappa shape index (κ3) is 6.96. The number of benzene rings is 1. The maximum Gasteiger partial charge on any atom is 0.128 e. The Hall–Kier alpha value is -1.01. The van der Waals surface area contributed by atoms with Crippen LogP contribution in [0.2, 0.25) is 0 Å². The Labute approximate surface area is 120 Å². The number of hydrogen-bond donors (Lipinski definition) is 2. The van der Waals surface area contributed by atoms with Crippen molar-refractivity contribution >= 4 is 0 Å². The molecule has 5 heteroatoms. The van der Waals surface area contributed by atoms with Gasteiger partial charge >= 0.3 is 0 Å². The van der Waals surface area contributed by atoms with E-state index in [4.69, 9.17) is 4.74 Å². The second kappa shape index (κ2) is 9.83. The van der Waals surface area contributed by atoms with Crippen LogP contribution in [0.5, 0.6) is 0 Å². The van der Waals surface area contributed by atoms with Crippen LogP contribution in [0.3, 0.4) is 0 Å². The van der Waals surface area contributed by atoms with Gasteiger partial charge in [-0.25, -0.2) is 4.39 Å². The molecule has 0 amide bonds. The normalized spacial score (nSPS) is 12.8. The monoisotopic (exact) mass is 284 g/mol. The highest BCUT2D eigenvalue weighted by Gasteiger charge is 2.06. The highest BCUT2D eigenvalue weighted by Crippen LogP contribution is 2.07. The maximum absolute atomic E-state index is 13.3. The molecule has 0 fully saturated rings. The number of nitrogens with one attached hydrogen (secondary N) is 1. The van der Waals surface area contributed by atoms with Crippen molar-refractivity contribution < 1.29 is 14.2 Å². The Balaban J connectivity index is 2.08. The van der Waals surface area contributed by atoms with Crippen LogP contribution in [-0.2, 0) is 11.3 Å². The topological polar surface area (TPSA) is 44.7 Å². The predicted molar refractivity (Wildman–Crippen MR) is 78.1 cm³/mol. The van der Waals surface area contributed by atoms with Crippen molar-refractivity contribution in [3.8, 4) is 0 Å². The van der Waals surface area contributed by atoms with Crippen molar-refractivity contribution in [3.05, 3.63) is 35.6 Å². The van der Waals surface area contributed by atoms with Crippen molar-refractivity contribution in [2.24, 2.45) is 0 Å². The Morgan fingerprint density at radius 1 is 1.40 bits per heavy atom. The lowest BCUT2D eigenvalue weighted by molar-refractivity contribution is 0.0278. The molecule has 1 atom stereocenters. The van der Waals surface area contributed by atoms with Crippen LogP contribution in [-0.4, -0.2) is 55.9 Å². The van der Waals surface area contributed by atoms with Gasteiger partial charge in [0.1, 0.15) is 5.82 Å². The van der Waals surface area contributed by atoms with Gasteiger partial charge < -0.3 is 20.1 Å². The van der Waals surface area contributed by atoms with E-state index in [0.29, 0.717) is 12.1 Å². The predicted octanol–water partition coefficient (Wildman–Crippen LogP) is 1.24. The fourth-order valence-electron chi connectivity index (χ4n) is 1.68. The van der Waals surface area contributed by atoms with Crippen LogP contribution < -0.4 is 5.32 Å². The van der Waals surface area contributed by atoms with Gasteiger partial charge in [0.25, 0.3) is 0 Å². The lowest BCUT2D eigenvalue weighted by Gasteiger charge is -2.16. The van der Waals surface area contributed by atoms with Crippen LogP contribution in [0.1, 0.15) is 12.5 Å². The smallest absolute Gasteiger partial charge is 0.128 e. The summed E-state index contributed by atoms with van der Waals surface area (Å²) in [4.78, 5) is 2.19. The minimum Gasteiger partial charge on any atom is -0.389 e. The molecule has 0 aliphatic heterocycles. The van der Waals surface area contributed by atoms with Crippen LogP contribution in [0.25, 0.3) is 0 Å². The summed E-state index contributed by atoms with van der Waals surface area (Å²) in [5.74, 6) is -0.275. The van der Waals surface area contributed by atoms with Gasteiger partial charge in [-0.2, -0.15) is 0 Å². The third-order valence-corrected chi connectivity index (χ3v) is 3.12. The lowest BCUT2D eigenvalue weighted by Crippen LogP contribution is -2.35. The van der Waals surface area contributed by atoms with Crippen molar-refractivity contribution in [2.45, 2.75) is 19.6 Å². The van der Waals surface area contributed by atoms with Crippen molar-refractivity contribution in [1.82, 2.24) is 10.2 Å². The van der Waals surface area contributed by atoms with Crippen molar-refractivity contribution in [2.75, 3.05) is 39.8 Å². The molecule has 0 aliphatic rings. The molecule has 1 aromatic carbocycles. The Morgan fingerprint density at radius 3 is 2.85 bits per heavy atom. The largest absolute Gasteiger partial charge is 0.389 e. The molecule has 20 heavy (non-hydrogen) atoms. The van der Waals surface area contributed by atoms with Crippen molar-refractivity contribution in [1.29, 1.82) is 0 Å². The second-order valence-corrected chi connectivity index (χ2v) is 4.86. The Morgan fingerprint density at radius 2 is 2.15 bits per heavy atom. The van der Waals surface area contributed by atoms with Gasteiger partial charge in [0.05, 0.1) is 19.3 Å². The zero-order valence-corrected chi connectivity index (χ0v) is 12.3. The molecule has 114 valence electrons. The maximum atomic E-state index is 13.3. The van der Waals surface area contributed by atoms with Gasteiger partial charge in [0.15, 0.2) is 0 Å². The van der Waals surface area contributed by atoms with Gasteiger partial charge in [-0.1, -0.05) is 25.1 Å². The molecule has 1 aromatic rings. The molecular weight excluding hydrogens is 259 g/mol. The first-order valence-electron chi connectivity index (χ1n) is 7.02. The molecule has 1 rings (SSSR count).